The Hall–Kier alpha value is -0.610. The van der Waals surface area contributed by atoms with E-state index in [4.69, 9.17) is 5.73 Å². The first-order valence-electron chi connectivity index (χ1n) is 7.04. The minimum absolute atomic E-state index is 0.146. The van der Waals surface area contributed by atoms with E-state index in [-0.39, 0.29) is 12.0 Å². The molecular formula is C13H23N3O. The summed E-state index contributed by atoms with van der Waals surface area (Å²) in [5.74, 6) is 0.455. The van der Waals surface area contributed by atoms with Gasteiger partial charge in [0.25, 0.3) is 0 Å². The third kappa shape index (κ3) is 2.33. The summed E-state index contributed by atoms with van der Waals surface area (Å²) in [7, 11) is 0. The van der Waals surface area contributed by atoms with Gasteiger partial charge in [-0.15, -0.1) is 0 Å². The molecule has 0 spiro atoms. The fraction of sp³-hybridized carbons (Fsp3) is 0.923. The van der Waals surface area contributed by atoms with Crippen LogP contribution < -0.4 is 5.73 Å². The topological polar surface area (TPSA) is 49.6 Å². The third-order valence-corrected chi connectivity index (χ3v) is 4.62. The van der Waals surface area contributed by atoms with Crippen LogP contribution in [0.2, 0.25) is 0 Å². The summed E-state index contributed by atoms with van der Waals surface area (Å²) in [5.41, 5.74) is 5.74. The molecule has 4 nitrogen and oxygen atoms in total. The fourth-order valence-corrected chi connectivity index (χ4v) is 3.31. The Morgan fingerprint density at radius 3 is 2.18 bits per heavy atom. The number of piperazine rings is 1. The highest BCUT2D eigenvalue weighted by Crippen LogP contribution is 2.31. The minimum Gasteiger partial charge on any atom is -0.340 e. The van der Waals surface area contributed by atoms with E-state index in [0.717, 1.165) is 38.6 Å². The average molecular weight is 237 g/mol. The molecule has 2 saturated carbocycles. The van der Waals surface area contributed by atoms with Crippen LogP contribution in [0.1, 0.15) is 32.1 Å². The van der Waals surface area contributed by atoms with Crippen LogP contribution in [-0.4, -0.2) is 54.0 Å². The molecule has 2 N–H and O–H groups in total. The molecule has 3 fully saturated rings. The molecule has 2 aliphatic carbocycles. The van der Waals surface area contributed by atoms with Gasteiger partial charge < -0.3 is 10.6 Å². The SMILES string of the molecule is NC1CC1C(=O)N1CCN(C2CCCC2)CC1. The maximum atomic E-state index is 12.0. The van der Waals surface area contributed by atoms with Crippen molar-refractivity contribution in [1.82, 2.24) is 9.80 Å². The monoisotopic (exact) mass is 237 g/mol. The van der Waals surface area contributed by atoms with E-state index in [0.29, 0.717) is 5.91 Å². The van der Waals surface area contributed by atoms with E-state index in [1.165, 1.54) is 25.7 Å². The molecule has 2 unspecified atom stereocenters. The Morgan fingerprint density at radius 1 is 1.06 bits per heavy atom. The molecule has 0 aromatic rings. The highest BCUT2D eigenvalue weighted by Gasteiger charge is 2.43. The molecule has 17 heavy (non-hydrogen) atoms. The quantitative estimate of drug-likeness (QED) is 0.757. The van der Waals surface area contributed by atoms with Gasteiger partial charge in [0.2, 0.25) is 5.91 Å². The number of hydrogen-bond acceptors (Lipinski definition) is 3. The van der Waals surface area contributed by atoms with Gasteiger partial charge in [-0.1, -0.05) is 12.8 Å². The predicted molar refractivity (Wildman–Crippen MR) is 66.5 cm³/mol. The summed E-state index contributed by atoms with van der Waals surface area (Å²) in [6.45, 7) is 3.97. The van der Waals surface area contributed by atoms with Crippen LogP contribution in [0.5, 0.6) is 0 Å². The van der Waals surface area contributed by atoms with E-state index >= 15 is 0 Å². The molecule has 4 heteroatoms. The Balaban J connectivity index is 1.48. The Morgan fingerprint density at radius 2 is 1.65 bits per heavy atom. The van der Waals surface area contributed by atoms with Crippen LogP contribution in [-0.2, 0) is 4.79 Å². The van der Waals surface area contributed by atoms with Gasteiger partial charge in [0.15, 0.2) is 0 Å². The maximum Gasteiger partial charge on any atom is 0.227 e. The van der Waals surface area contributed by atoms with Crippen molar-refractivity contribution in [1.29, 1.82) is 0 Å². The van der Waals surface area contributed by atoms with Gasteiger partial charge in [-0.2, -0.15) is 0 Å². The number of hydrogen-bond donors (Lipinski definition) is 1. The second-order valence-corrected chi connectivity index (χ2v) is 5.81. The summed E-state index contributed by atoms with van der Waals surface area (Å²) in [6, 6.07) is 0.950. The number of carbonyl (C=O) groups excluding carboxylic acids is 1. The first-order valence-corrected chi connectivity index (χ1v) is 7.04. The summed E-state index contributed by atoms with van der Waals surface area (Å²) >= 11 is 0. The van der Waals surface area contributed by atoms with Crippen LogP contribution >= 0.6 is 0 Å². The second kappa shape index (κ2) is 4.58. The van der Waals surface area contributed by atoms with Gasteiger partial charge in [0, 0.05) is 38.3 Å². The van der Waals surface area contributed by atoms with Gasteiger partial charge in [0.1, 0.15) is 0 Å². The predicted octanol–water partition coefficient (Wildman–Crippen LogP) is 0.420. The van der Waals surface area contributed by atoms with Crippen LogP contribution in [0.4, 0.5) is 0 Å². The molecule has 3 aliphatic rings. The summed E-state index contributed by atoms with van der Waals surface area (Å²) < 4.78 is 0. The first kappa shape index (κ1) is 11.5. The summed E-state index contributed by atoms with van der Waals surface area (Å²) in [6.07, 6.45) is 6.41. The lowest BCUT2D eigenvalue weighted by Crippen LogP contribution is -2.52. The molecular weight excluding hydrogens is 214 g/mol. The van der Waals surface area contributed by atoms with Crippen molar-refractivity contribution in [2.45, 2.75) is 44.2 Å². The summed E-state index contributed by atoms with van der Waals surface area (Å²) in [5, 5.41) is 0. The van der Waals surface area contributed by atoms with Gasteiger partial charge in [0.05, 0.1) is 5.92 Å². The van der Waals surface area contributed by atoms with Crippen molar-refractivity contribution in [3.05, 3.63) is 0 Å². The van der Waals surface area contributed by atoms with Crippen LogP contribution in [0.15, 0.2) is 0 Å². The van der Waals surface area contributed by atoms with Crippen molar-refractivity contribution in [2.75, 3.05) is 26.2 Å². The molecule has 0 radical (unpaired) electrons. The molecule has 0 bridgehead atoms. The molecule has 1 heterocycles. The lowest BCUT2D eigenvalue weighted by molar-refractivity contribution is -0.134. The molecule has 96 valence electrons. The lowest BCUT2D eigenvalue weighted by Gasteiger charge is -2.38. The Kier molecular flexibility index (Phi) is 3.09. The highest BCUT2D eigenvalue weighted by atomic mass is 16.2. The van der Waals surface area contributed by atoms with E-state index < -0.39 is 0 Å². The minimum atomic E-state index is 0.146. The Bertz CT molecular complexity index is 293. The van der Waals surface area contributed by atoms with Crippen LogP contribution in [0.3, 0.4) is 0 Å². The zero-order chi connectivity index (χ0) is 11.8. The molecule has 0 aromatic heterocycles. The molecule has 1 saturated heterocycles. The van der Waals surface area contributed by atoms with Crippen molar-refractivity contribution in [3.8, 4) is 0 Å². The van der Waals surface area contributed by atoms with E-state index in [9.17, 15) is 4.79 Å². The number of nitrogens with zero attached hydrogens (tertiary/aromatic N) is 2. The zero-order valence-electron chi connectivity index (χ0n) is 10.5. The molecule has 3 rings (SSSR count). The zero-order valence-corrected chi connectivity index (χ0v) is 10.5. The van der Waals surface area contributed by atoms with Crippen molar-refractivity contribution < 1.29 is 4.79 Å². The first-order chi connectivity index (χ1) is 8.25. The van der Waals surface area contributed by atoms with Gasteiger partial charge in [-0.25, -0.2) is 0 Å². The fourth-order valence-electron chi connectivity index (χ4n) is 3.31. The van der Waals surface area contributed by atoms with E-state index in [2.05, 4.69) is 4.90 Å². The number of amides is 1. The second-order valence-electron chi connectivity index (χ2n) is 5.81. The van der Waals surface area contributed by atoms with Gasteiger partial charge in [-0.05, 0) is 19.3 Å². The molecule has 1 amide bonds. The molecule has 0 aromatic carbocycles. The number of rotatable bonds is 2. The van der Waals surface area contributed by atoms with E-state index in [1.807, 2.05) is 4.90 Å². The largest absolute Gasteiger partial charge is 0.340 e. The third-order valence-electron chi connectivity index (χ3n) is 4.62. The van der Waals surface area contributed by atoms with Gasteiger partial charge >= 0.3 is 0 Å². The van der Waals surface area contributed by atoms with Crippen LogP contribution in [0.25, 0.3) is 0 Å². The van der Waals surface area contributed by atoms with Gasteiger partial charge in [-0.3, -0.25) is 9.69 Å². The average Bonchev–Trinajstić information content (AvgIpc) is 2.88. The number of carbonyl (C=O) groups is 1. The molecule has 2 atom stereocenters. The normalized spacial score (nSPS) is 35.2. The van der Waals surface area contributed by atoms with Crippen molar-refractivity contribution in [2.24, 2.45) is 11.7 Å². The number of nitrogens with two attached hydrogens (primary N) is 1. The standard InChI is InChI=1S/C13H23N3O/c14-12-9-11(12)13(17)16-7-5-15(6-8-16)10-3-1-2-4-10/h10-12H,1-9,14H2. The summed E-state index contributed by atoms with van der Waals surface area (Å²) in [4.78, 5) is 16.6. The lowest BCUT2D eigenvalue weighted by atomic mass is 10.1. The smallest absolute Gasteiger partial charge is 0.227 e. The van der Waals surface area contributed by atoms with Crippen molar-refractivity contribution in [3.63, 3.8) is 0 Å². The van der Waals surface area contributed by atoms with E-state index in [1.54, 1.807) is 0 Å². The van der Waals surface area contributed by atoms with Crippen LogP contribution in [0, 0.1) is 5.92 Å². The highest BCUT2D eigenvalue weighted by molar-refractivity contribution is 5.82. The van der Waals surface area contributed by atoms with Crippen molar-refractivity contribution >= 4 is 5.91 Å². The maximum absolute atomic E-state index is 12.0. The Labute approximate surface area is 103 Å². The molecule has 1 aliphatic heterocycles.